The van der Waals surface area contributed by atoms with Crippen LogP contribution in [0.4, 0.5) is 0 Å². The van der Waals surface area contributed by atoms with Crippen molar-refractivity contribution in [3.63, 3.8) is 0 Å². The van der Waals surface area contributed by atoms with E-state index in [1.54, 1.807) is 7.11 Å². The lowest BCUT2D eigenvalue weighted by Crippen LogP contribution is -2.34. The summed E-state index contributed by atoms with van der Waals surface area (Å²) in [4.78, 5) is 2.18. The van der Waals surface area contributed by atoms with Crippen molar-refractivity contribution in [2.75, 3.05) is 27.3 Å². The minimum Gasteiger partial charge on any atom is -0.389 e. The highest BCUT2D eigenvalue weighted by atomic mass is 16.5. The zero-order chi connectivity index (χ0) is 12.7. The Balaban J connectivity index is 2.61. The van der Waals surface area contributed by atoms with Crippen molar-refractivity contribution in [2.45, 2.75) is 25.5 Å². The van der Waals surface area contributed by atoms with Crippen LogP contribution in [-0.2, 0) is 4.74 Å². The zero-order valence-electron chi connectivity index (χ0n) is 11.0. The molecule has 3 nitrogen and oxygen atoms in total. The molecule has 0 aliphatic rings. The maximum absolute atomic E-state index is 9.74. The summed E-state index contributed by atoms with van der Waals surface area (Å²) in [6, 6.07) is 10.7. The molecule has 17 heavy (non-hydrogen) atoms. The Labute approximate surface area is 104 Å². The molecule has 1 N–H and O–H groups in total. The predicted octanol–water partition coefficient (Wildman–Crippen LogP) is 2.08. The van der Waals surface area contributed by atoms with E-state index in [1.165, 1.54) is 5.56 Å². The Morgan fingerprint density at radius 3 is 2.47 bits per heavy atom. The van der Waals surface area contributed by atoms with Crippen molar-refractivity contribution in [1.82, 2.24) is 4.90 Å². The molecule has 1 rings (SSSR count). The average Bonchev–Trinajstić information content (AvgIpc) is 2.31. The van der Waals surface area contributed by atoms with Crippen LogP contribution in [0.1, 0.15) is 24.9 Å². The highest BCUT2D eigenvalue weighted by molar-refractivity contribution is 5.18. The zero-order valence-corrected chi connectivity index (χ0v) is 11.0. The third-order valence-corrected chi connectivity index (χ3v) is 2.96. The van der Waals surface area contributed by atoms with Crippen molar-refractivity contribution >= 4 is 0 Å². The highest BCUT2D eigenvalue weighted by Crippen LogP contribution is 2.22. The van der Waals surface area contributed by atoms with Crippen LogP contribution in [-0.4, -0.2) is 43.4 Å². The first kappa shape index (κ1) is 14.2. The quantitative estimate of drug-likeness (QED) is 0.788. The number of aliphatic hydroxyl groups excluding tert-OH is 1. The van der Waals surface area contributed by atoms with E-state index in [2.05, 4.69) is 36.1 Å². The van der Waals surface area contributed by atoms with E-state index in [4.69, 9.17) is 4.74 Å². The van der Waals surface area contributed by atoms with Gasteiger partial charge in [-0.15, -0.1) is 0 Å². The summed E-state index contributed by atoms with van der Waals surface area (Å²) >= 11 is 0. The Bertz CT molecular complexity index is 302. The maximum atomic E-state index is 9.74. The van der Waals surface area contributed by atoms with Gasteiger partial charge in [-0.1, -0.05) is 37.3 Å². The van der Waals surface area contributed by atoms with Crippen LogP contribution in [0.3, 0.4) is 0 Å². The number of rotatable bonds is 7. The van der Waals surface area contributed by atoms with Crippen LogP contribution in [0.5, 0.6) is 0 Å². The molecule has 0 radical (unpaired) electrons. The summed E-state index contributed by atoms with van der Waals surface area (Å²) in [6.07, 6.45) is 0.600. The molecule has 0 saturated carbocycles. The van der Waals surface area contributed by atoms with E-state index >= 15 is 0 Å². The molecule has 0 spiro atoms. The number of ether oxygens (including phenoxy) is 1. The summed E-state index contributed by atoms with van der Waals surface area (Å²) < 4.78 is 4.95. The van der Waals surface area contributed by atoms with Crippen molar-refractivity contribution < 1.29 is 9.84 Å². The van der Waals surface area contributed by atoms with Crippen LogP contribution >= 0.6 is 0 Å². The van der Waals surface area contributed by atoms with Gasteiger partial charge in [-0.05, 0) is 19.0 Å². The number of hydrogen-bond donors (Lipinski definition) is 1. The SMILES string of the molecule is CC[C@@H](c1ccccc1)N(C)C[C@H](O)COC. The fourth-order valence-corrected chi connectivity index (χ4v) is 2.18. The molecule has 0 heterocycles. The fraction of sp³-hybridized carbons (Fsp3) is 0.571. The molecule has 2 atom stereocenters. The van der Waals surface area contributed by atoms with E-state index in [0.29, 0.717) is 19.2 Å². The van der Waals surface area contributed by atoms with E-state index < -0.39 is 6.10 Å². The number of aliphatic hydroxyl groups is 1. The topological polar surface area (TPSA) is 32.7 Å². The largest absolute Gasteiger partial charge is 0.389 e. The van der Waals surface area contributed by atoms with Gasteiger partial charge in [0.15, 0.2) is 0 Å². The first-order chi connectivity index (χ1) is 8.19. The predicted molar refractivity (Wildman–Crippen MR) is 70.0 cm³/mol. The van der Waals surface area contributed by atoms with E-state index in [1.807, 2.05) is 13.1 Å². The molecule has 0 aliphatic heterocycles. The summed E-state index contributed by atoms with van der Waals surface area (Å²) in [6.45, 7) is 3.17. The highest BCUT2D eigenvalue weighted by Gasteiger charge is 2.17. The molecule has 0 unspecified atom stereocenters. The molecule has 0 amide bonds. The van der Waals surface area contributed by atoms with Gasteiger partial charge >= 0.3 is 0 Å². The summed E-state index contributed by atoms with van der Waals surface area (Å²) in [5.41, 5.74) is 1.29. The summed E-state index contributed by atoms with van der Waals surface area (Å²) in [5.74, 6) is 0. The molecule has 3 heteroatoms. The number of methoxy groups -OCH3 is 1. The molecular weight excluding hydrogens is 214 g/mol. The Morgan fingerprint density at radius 2 is 1.94 bits per heavy atom. The van der Waals surface area contributed by atoms with Gasteiger partial charge in [-0.3, -0.25) is 4.90 Å². The van der Waals surface area contributed by atoms with Gasteiger partial charge in [-0.2, -0.15) is 0 Å². The molecular formula is C14H23NO2. The molecule has 0 fully saturated rings. The van der Waals surface area contributed by atoms with Crippen LogP contribution in [0.2, 0.25) is 0 Å². The van der Waals surface area contributed by atoms with Gasteiger partial charge in [0.25, 0.3) is 0 Å². The third kappa shape index (κ3) is 4.46. The molecule has 96 valence electrons. The van der Waals surface area contributed by atoms with Crippen molar-refractivity contribution in [3.05, 3.63) is 35.9 Å². The van der Waals surface area contributed by atoms with Gasteiger partial charge in [0.05, 0.1) is 12.7 Å². The lowest BCUT2D eigenvalue weighted by Gasteiger charge is -2.29. The monoisotopic (exact) mass is 237 g/mol. The normalized spacial score (nSPS) is 14.9. The maximum Gasteiger partial charge on any atom is 0.0900 e. The first-order valence-electron chi connectivity index (χ1n) is 6.11. The minimum atomic E-state index is -0.428. The van der Waals surface area contributed by atoms with E-state index in [0.717, 1.165) is 6.42 Å². The van der Waals surface area contributed by atoms with Gasteiger partial charge in [0, 0.05) is 19.7 Å². The van der Waals surface area contributed by atoms with Gasteiger partial charge in [0.2, 0.25) is 0 Å². The number of likely N-dealkylation sites (N-methyl/N-ethyl adjacent to an activating group) is 1. The minimum absolute atomic E-state index is 0.350. The Morgan fingerprint density at radius 1 is 1.29 bits per heavy atom. The summed E-state index contributed by atoms with van der Waals surface area (Å²) in [5, 5.41) is 9.74. The third-order valence-electron chi connectivity index (χ3n) is 2.96. The van der Waals surface area contributed by atoms with Crippen LogP contribution in [0.15, 0.2) is 30.3 Å². The lowest BCUT2D eigenvalue weighted by atomic mass is 10.0. The summed E-state index contributed by atoms with van der Waals surface area (Å²) in [7, 11) is 3.65. The second kappa shape index (κ2) is 7.43. The number of nitrogens with zero attached hydrogens (tertiary/aromatic N) is 1. The van der Waals surface area contributed by atoms with E-state index in [9.17, 15) is 5.11 Å². The standard InChI is InChI=1S/C14H23NO2/c1-4-14(12-8-6-5-7-9-12)15(2)10-13(16)11-17-3/h5-9,13-14,16H,4,10-11H2,1-3H3/t13-,14-/m0/s1. The van der Waals surface area contributed by atoms with Gasteiger partial charge in [-0.25, -0.2) is 0 Å². The average molecular weight is 237 g/mol. The second-order valence-corrected chi connectivity index (χ2v) is 4.38. The molecule has 1 aromatic carbocycles. The molecule has 0 saturated heterocycles. The van der Waals surface area contributed by atoms with Crippen molar-refractivity contribution in [1.29, 1.82) is 0 Å². The fourth-order valence-electron chi connectivity index (χ4n) is 2.18. The smallest absolute Gasteiger partial charge is 0.0900 e. The van der Waals surface area contributed by atoms with Crippen LogP contribution in [0.25, 0.3) is 0 Å². The molecule has 0 aliphatic carbocycles. The van der Waals surface area contributed by atoms with Crippen LogP contribution < -0.4 is 0 Å². The first-order valence-corrected chi connectivity index (χ1v) is 6.11. The number of benzene rings is 1. The van der Waals surface area contributed by atoms with E-state index in [-0.39, 0.29) is 0 Å². The Kier molecular flexibility index (Phi) is 6.19. The number of hydrogen-bond acceptors (Lipinski definition) is 3. The molecule has 0 aromatic heterocycles. The van der Waals surface area contributed by atoms with Crippen molar-refractivity contribution in [2.24, 2.45) is 0 Å². The second-order valence-electron chi connectivity index (χ2n) is 4.38. The van der Waals surface area contributed by atoms with Crippen molar-refractivity contribution in [3.8, 4) is 0 Å². The molecule has 1 aromatic rings. The van der Waals surface area contributed by atoms with Gasteiger partial charge in [0.1, 0.15) is 0 Å². The van der Waals surface area contributed by atoms with Gasteiger partial charge < -0.3 is 9.84 Å². The Hall–Kier alpha value is -0.900. The lowest BCUT2D eigenvalue weighted by molar-refractivity contribution is 0.0335. The van der Waals surface area contributed by atoms with Crippen LogP contribution in [0, 0.1) is 0 Å². The molecule has 0 bridgehead atoms.